The normalized spacial score (nSPS) is 12.4. The zero-order valence-electron chi connectivity index (χ0n) is 17.4. The van der Waals surface area contributed by atoms with Gasteiger partial charge in [-0.1, -0.05) is 54.4 Å². The number of carbonyl (C=O) groups is 1. The van der Waals surface area contributed by atoms with Gasteiger partial charge in [0.2, 0.25) is 15.9 Å². The molecule has 1 N–H and O–H groups in total. The lowest BCUT2D eigenvalue weighted by Gasteiger charge is -2.24. The van der Waals surface area contributed by atoms with E-state index in [-0.39, 0.29) is 24.9 Å². The summed E-state index contributed by atoms with van der Waals surface area (Å²) in [6.07, 6.45) is 2.60. The number of rotatable bonds is 9. The molecule has 0 radical (unpaired) electrons. The molecule has 7 heteroatoms. The molecule has 5 nitrogen and oxygen atoms in total. The summed E-state index contributed by atoms with van der Waals surface area (Å²) in [5, 5.41) is 3.52. The van der Waals surface area contributed by atoms with Crippen molar-refractivity contribution in [2.75, 3.05) is 17.1 Å². The van der Waals surface area contributed by atoms with Gasteiger partial charge in [0.15, 0.2) is 0 Å². The van der Waals surface area contributed by atoms with E-state index >= 15 is 0 Å². The number of hydrogen-bond acceptors (Lipinski definition) is 3. The number of halogens is 1. The van der Waals surface area contributed by atoms with Crippen molar-refractivity contribution in [2.24, 2.45) is 0 Å². The van der Waals surface area contributed by atoms with Gasteiger partial charge in [-0.25, -0.2) is 8.42 Å². The monoisotopic (exact) mass is 436 g/mol. The third kappa shape index (κ3) is 6.75. The van der Waals surface area contributed by atoms with Gasteiger partial charge in [-0.3, -0.25) is 9.10 Å². The van der Waals surface area contributed by atoms with E-state index in [1.165, 1.54) is 9.87 Å². The fourth-order valence-electron chi connectivity index (χ4n) is 3.19. The van der Waals surface area contributed by atoms with Crippen LogP contribution in [0.1, 0.15) is 48.9 Å². The summed E-state index contributed by atoms with van der Waals surface area (Å²) in [5.41, 5.74) is 3.60. The van der Waals surface area contributed by atoms with E-state index in [2.05, 4.69) is 5.32 Å². The summed E-state index contributed by atoms with van der Waals surface area (Å²) in [5.74, 6) is -0.0892. The van der Waals surface area contributed by atoms with Crippen molar-refractivity contribution in [3.8, 4) is 0 Å². The molecular weight excluding hydrogens is 408 g/mol. The molecule has 1 amide bonds. The summed E-state index contributed by atoms with van der Waals surface area (Å²) in [4.78, 5) is 12.4. The van der Waals surface area contributed by atoms with Crippen LogP contribution < -0.4 is 9.62 Å². The average molecular weight is 437 g/mol. The van der Waals surface area contributed by atoms with Gasteiger partial charge in [0, 0.05) is 18.0 Å². The molecule has 0 aliphatic carbocycles. The molecule has 1 atom stereocenters. The third-order valence-electron chi connectivity index (χ3n) is 4.83. The van der Waals surface area contributed by atoms with Crippen LogP contribution >= 0.6 is 11.6 Å². The number of amides is 1. The van der Waals surface area contributed by atoms with Crippen molar-refractivity contribution in [3.63, 3.8) is 0 Å². The molecule has 29 heavy (non-hydrogen) atoms. The maximum Gasteiger partial charge on any atom is 0.232 e. The lowest BCUT2D eigenvalue weighted by molar-refractivity contribution is -0.121. The summed E-state index contributed by atoms with van der Waals surface area (Å²) in [7, 11) is -3.49. The highest BCUT2D eigenvalue weighted by Gasteiger charge is 2.20. The number of hydrogen-bond donors (Lipinski definition) is 1. The molecule has 0 aliphatic rings. The molecule has 158 valence electrons. The summed E-state index contributed by atoms with van der Waals surface area (Å²) < 4.78 is 25.9. The van der Waals surface area contributed by atoms with Gasteiger partial charge in [0.1, 0.15) is 0 Å². The van der Waals surface area contributed by atoms with Crippen molar-refractivity contribution >= 4 is 33.2 Å². The van der Waals surface area contributed by atoms with Gasteiger partial charge >= 0.3 is 0 Å². The molecule has 0 spiro atoms. The zero-order valence-corrected chi connectivity index (χ0v) is 19.0. The van der Waals surface area contributed by atoms with Crippen LogP contribution in [0.15, 0.2) is 42.5 Å². The van der Waals surface area contributed by atoms with Gasteiger partial charge < -0.3 is 5.32 Å². The number of benzene rings is 2. The number of sulfonamides is 1. The maximum absolute atomic E-state index is 12.4. The Morgan fingerprint density at radius 3 is 2.38 bits per heavy atom. The Morgan fingerprint density at radius 1 is 1.14 bits per heavy atom. The maximum atomic E-state index is 12.4. The molecule has 0 aliphatic heterocycles. The molecular formula is C22H29ClN2O3S. The zero-order chi connectivity index (χ0) is 21.6. The molecule has 2 aromatic carbocycles. The Bertz CT molecular complexity index is 943. The predicted molar refractivity (Wildman–Crippen MR) is 120 cm³/mol. The first-order chi connectivity index (χ1) is 13.6. The van der Waals surface area contributed by atoms with Crippen LogP contribution in [-0.2, 0) is 14.8 Å². The number of carbonyl (C=O) groups excluding carboxylic acids is 1. The fourth-order valence-corrected chi connectivity index (χ4v) is 4.37. The van der Waals surface area contributed by atoms with E-state index in [9.17, 15) is 13.2 Å². The second-order valence-electron chi connectivity index (χ2n) is 7.31. The Morgan fingerprint density at radius 2 is 1.79 bits per heavy atom. The molecule has 2 aromatic rings. The first-order valence-electron chi connectivity index (χ1n) is 9.71. The minimum atomic E-state index is -3.49. The van der Waals surface area contributed by atoms with E-state index in [0.717, 1.165) is 23.8 Å². The van der Waals surface area contributed by atoms with Gasteiger partial charge in [-0.05, 0) is 49.9 Å². The van der Waals surface area contributed by atoms with Crippen molar-refractivity contribution < 1.29 is 13.2 Å². The van der Waals surface area contributed by atoms with Crippen LogP contribution in [-0.4, -0.2) is 27.1 Å². The lowest BCUT2D eigenvalue weighted by atomic mass is 10.0. The highest BCUT2D eigenvalue weighted by molar-refractivity contribution is 7.92. The summed E-state index contributed by atoms with van der Waals surface area (Å²) in [6.45, 7) is 6.11. The van der Waals surface area contributed by atoms with Gasteiger partial charge in [-0.15, -0.1) is 0 Å². The number of nitrogens with one attached hydrogen (secondary N) is 1. The van der Waals surface area contributed by atoms with Gasteiger partial charge in [-0.2, -0.15) is 0 Å². The molecule has 2 rings (SSSR count). The van der Waals surface area contributed by atoms with Crippen LogP contribution in [0.25, 0.3) is 0 Å². The van der Waals surface area contributed by atoms with E-state index in [4.69, 9.17) is 11.6 Å². The number of anilines is 1. The molecule has 0 aromatic heterocycles. The van der Waals surface area contributed by atoms with Gasteiger partial charge in [0.05, 0.1) is 18.0 Å². The average Bonchev–Trinajstić information content (AvgIpc) is 2.65. The lowest BCUT2D eigenvalue weighted by Crippen LogP contribution is -2.33. The second kappa shape index (κ2) is 10.1. The van der Waals surface area contributed by atoms with Crippen molar-refractivity contribution in [2.45, 2.75) is 46.1 Å². The van der Waals surface area contributed by atoms with E-state index in [1.807, 2.05) is 45.0 Å². The molecule has 0 saturated heterocycles. The van der Waals surface area contributed by atoms with Crippen LogP contribution in [0.5, 0.6) is 0 Å². The topological polar surface area (TPSA) is 66.5 Å². The molecule has 0 fully saturated rings. The second-order valence-corrected chi connectivity index (χ2v) is 9.65. The Labute approximate surface area is 179 Å². The molecule has 0 heterocycles. The molecule has 0 saturated carbocycles. The van der Waals surface area contributed by atoms with Crippen LogP contribution in [0.2, 0.25) is 5.02 Å². The van der Waals surface area contributed by atoms with E-state index in [0.29, 0.717) is 17.1 Å². The Hall–Kier alpha value is -2.05. The van der Waals surface area contributed by atoms with Crippen molar-refractivity contribution in [1.82, 2.24) is 5.32 Å². The molecule has 0 unspecified atom stereocenters. The largest absolute Gasteiger partial charge is 0.349 e. The standard InChI is InChI=1S/C22H29ClN2O3S/c1-5-20(18-11-8-16(2)9-12-18)24-22(26)7-6-14-25(29(4,27)28)21-15-19(23)13-10-17(21)3/h8-13,15,20H,5-7,14H2,1-4H3,(H,24,26)/t20-/m1/s1. The Balaban J connectivity index is 2.00. The smallest absolute Gasteiger partial charge is 0.232 e. The highest BCUT2D eigenvalue weighted by Crippen LogP contribution is 2.26. The van der Waals surface area contributed by atoms with E-state index < -0.39 is 10.0 Å². The van der Waals surface area contributed by atoms with Crippen molar-refractivity contribution in [1.29, 1.82) is 0 Å². The van der Waals surface area contributed by atoms with E-state index in [1.54, 1.807) is 18.2 Å². The molecule has 0 bridgehead atoms. The summed E-state index contributed by atoms with van der Waals surface area (Å²) >= 11 is 6.05. The third-order valence-corrected chi connectivity index (χ3v) is 6.24. The highest BCUT2D eigenvalue weighted by atomic mass is 35.5. The fraction of sp³-hybridized carbons (Fsp3) is 0.409. The Kier molecular flexibility index (Phi) is 8.11. The van der Waals surface area contributed by atoms with Crippen LogP contribution in [0.4, 0.5) is 5.69 Å². The van der Waals surface area contributed by atoms with Crippen LogP contribution in [0, 0.1) is 13.8 Å². The van der Waals surface area contributed by atoms with Crippen LogP contribution in [0.3, 0.4) is 0 Å². The first-order valence-corrected chi connectivity index (χ1v) is 11.9. The number of nitrogens with zero attached hydrogens (tertiary/aromatic N) is 1. The quantitative estimate of drug-likeness (QED) is 0.615. The first kappa shape index (κ1) is 23.2. The predicted octanol–water partition coefficient (Wildman–Crippen LogP) is 4.77. The van der Waals surface area contributed by atoms with Gasteiger partial charge in [0.25, 0.3) is 0 Å². The SMILES string of the molecule is CC[C@@H](NC(=O)CCCN(c1cc(Cl)ccc1C)S(C)(=O)=O)c1ccc(C)cc1. The van der Waals surface area contributed by atoms with Crippen molar-refractivity contribution in [3.05, 3.63) is 64.2 Å². The number of aryl methyl sites for hydroxylation is 2. The minimum absolute atomic E-state index is 0.0516. The summed E-state index contributed by atoms with van der Waals surface area (Å²) in [6, 6.07) is 13.2. The minimum Gasteiger partial charge on any atom is -0.349 e.